The van der Waals surface area contributed by atoms with Gasteiger partial charge in [0.15, 0.2) is 0 Å². The molecule has 0 aliphatic carbocycles. The normalized spacial score (nSPS) is 17.4. The third-order valence-corrected chi connectivity index (χ3v) is 3.10. The van der Waals surface area contributed by atoms with Gasteiger partial charge < -0.3 is 15.4 Å². The molecule has 1 aliphatic heterocycles. The van der Waals surface area contributed by atoms with Gasteiger partial charge in [0.1, 0.15) is 11.8 Å². The maximum Gasteiger partial charge on any atom is 0.251 e. The molecular weight excluding hydrogens is 244 g/mol. The Hall–Kier alpha value is -2.50. The van der Waals surface area contributed by atoms with E-state index in [4.69, 9.17) is 4.74 Å². The minimum Gasteiger partial charge on any atom is -0.497 e. The van der Waals surface area contributed by atoms with Crippen molar-refractivity contribution in [3.05, 3.63) is 36.2 Å². The van der Waals surface area contributed by atoms with Crippen LogP contribution in [-0.4, -0.2) is 22.8 Å². The van der Waals surface area contributed by atoms with Crippen LogP contribution in [0.25, 0.3) is 0 Å². The van der Waals surface area contributed by atoms with Gasteiger partial charge in [-0.05, 0) is 12.1 Å². The molecule has 6 heteroatoms. The summed E-state index contributed by atoms with van der Waals surface area (Å²) >= 11 is 0. The van der Waals surface area contributed by atoms with Crippen LogP contribution >= 0.6 is 0 Å². The average Bonchev–Trinajstić information content (AvgIpc) is 2.83. The molecule has 1 atom stereocenters. The molecule has 2 heterocycles. The second-order valence-electron chi connectivity index (χ2n) is 4.43. The molecule has 0 radical (unpaired) electrons. The summed E-state index contributed by atoms with van der Waals surface area (Å²) in [6, 6.07) is 5.11. The first-order valence-electron chi connectivity index (χ1n) is 5.91. The van der Waals surface area contributed by atoms with Crippen molar-refractivity contribution in [1.82, 2.24) is 9.78 Å². The van der Waals surface area contributed by atoms with Gasteiger partial charge in [0.25, 0.3) is 5.91 Å². The molecule has 3 rings (SSSR count). The third-order valence-electron chi connectivity index (χ3n) is 3.10. The lowest BCUT2D eigenvalue weighted by Crippen LogP contribution is -2.31. The van der Waals surface area contributed by atoms with Gasteiger partial charge in [-0.3, -0.25) is 9.48 Å². The van der Waals surface area contributed by atoms with Crippen LogP contribution in [0.15, 0.2) is 30.6 Å². The molecule has 1 aromatic heterocycles. The number of aromatic nitrogens is 2. The van der Waals surface area contributed by atoms with Gasteiger partial charge in [-0.15, -0.1) is 0 Å². The first-order valence-corrected chi connectivity index (χ1v) is 5.91. The van der Waals surface area contributed by atoms with Crippen molar-refractivity contribution in [3.63, 3.8) is 0 Å². The molecule has 1 unspecified atom stereocenters. The fourth-order valence-electron chi connectivity index (χ4n) is 2.13. The van der Waals surface area contributed by atoms with Gasteiger partial charge in [0, 0.05) is 24.9 Å². The molecule has 1 aromatic carbocycles. The maximum atomic E-state index is 12.1. The van der Waals surface area contributed by atoms with Gasteiger partial charge in [0.05, 0.1) is 24.7 Å². The molecule has 1 amide bonds. The predicted molar refractivity (Wildman–Crippen MR) is 71.2 cm³/mol. The van der Waals surface area contributed by atoms with Gasteiger partial charge in [-0.1, -0.05) is 0 Å². The number of amides is 1. The van der Waals surface area contributed by atoms with E-state index in [1.807, 2.05) is 25.4 Å². The smallest absolute Gasteiger partial charge is 0.251 e. The van der Waals surface area contributed by atoms with Crippen LogP contribution in [0.4, 0.5) is 11.4 Å². The van der Waals surface area contributed by atoms with Crippen LogP contribution in [0.3, 0.4) is 0 Å². The Morgan fingerprint density at radius 3 is 2.89 bits per heavy atom. The minimum absolute atomic E-state index is 0.103. The molecule has 0 spiro atoms. The summed E-state index contributed by atoms with van der Waals surface area (Å²) in [5.74, 6) is 0.606. The number of anilines is 2. The van der Waals surface area contributed by atoms with Crippen molar-refractivity contribution in [2.75, 3.05) is 17.7 Å². The number of hydrogen-bond donors (Lipinski definition) is 2. The molecule has 0 saturated carbocycles. The zero-order valence-electron chi connectivity index (χ0n) is 10.7. The number of nitrogens with one attached hydrogen (secondary N) is 2. The van der Waals surface area contributed by atoms with Crippen molar-refractivity contribution in [3.8, 4) is 5.75 Å². The summed E-state index contributed by atoms with van der Waals surface area (Å²) in [7, 11) is 3.42. The highest BCUT2D eigenvalue weighted by atomic mass is 16.5. The quantitative estimate of drug-likeness (QED) is 0.857. The summed E-state index contributed by atoms with van der Waals surface area (Å²) in [5, 5.41) is 10.2. The van der Waals surface area contributed by atoms with Crippen molar-refractivity contribution in [1.29, 1.82) is 0 Å². The van der Waals surface area contributed by atoms with E-state index in [2.05, 4.69) is 15.7 Å². The fourth-order valence-corrected chi connectivity index (χ4v) is 2.13. The highest BCUT2D eigenvalue weighted by Gasteiger charge is 2.27. The molecule has 2 aromatic rings. The number of benzene rings is 1. The number of carbonyl (C=O) groups is 1. The van der Waals surface area contributed by atoms with Crippen LogP contribution in [0.1, 0.15) is 11.6 Å². The summed E-state index contributed by atoms with van der Waals surface area (Å²) in [5.41, 5.74) is 2.43. The van der Waals surface area contributed by atoms with E-state index in [1.54, 1.807) is 24.1 Å². The third kappa shape index (κ3) is 2.01. The first-order chi connectivity index (χ1) is 9.17. The molecule has 2 N–H and O–H groups in total. The number of rotatable bonds is 2. The molecule has 0 fully saturated rings. The Labute approximate surface area is 110 Å². The second kappa shape index (κ2) is 4.31. The fraction of sp³-hybridized carbons (Fsp3) is 0.231. The lowest BCUT2D eigenvalue weighted by atomic mass is 10.1. The zero-order valence-corrected chi connectivity index (χ0v) is 10.7. The number of ether oxygens (including phenoxy) is 1. The summed E-state index contributed by atoms with van der Waals surface area (Å²) < 4.78 is 6.81. The monoisotopic (exact) mass is 258 g/mol. The number of carbonyl (C=O) groups excluding carboxylic acids is 1. The summed E-state index contributed by atoms with van der Waals surface area (Å²) in [6.45, 7) is 0. The molecule has 1 aliphatic rings. The molecule has 19 heavy (non-hydrogen) atoms. The highest BCUT2D eigenvalue weighted by molar-refractivity contribution is 6.03. The molecule has 0 saturated heterocycles. The molecule has 0 bridgehead atoms. The summed E-state index contributed by atoms with van der Waals surface area (Å²) in [6.07, 6.45) is 3.51. The van der Waals surface area contributed by atoms with Gasteiger partial charge in [-0.2, -0.15) is 5.10 Å². The van der Waals surface area contributed by atoms with Crippen molar-refractivity contribution >= 4 is 17.3 Å². The average molecular weight is 258 g/mol. The van der Waals surface area contributed by atoms with Crippen LogP contribution in [0, 0.1) is 0 Å². The van der Waals surface area contributed by atoms with Crippen molar-refractivity contribution in [2.45, 2.75) is 6.04 Å². The van der Waals surface area contributed by atoms with Gasteiger partial charge >= 0.3 is 0 Å². The highest BCUT2D eigenvalue weighted by Crippen LogP contribution is 2.34. The van der Waals surface area contributed by atoms with Crippen molar-refractivity contribution in [2.24, 2.45) is 7.05 Å². The lowest BCUT2D eigenvalue weighted by molar-refractivity contribution is -0.117. The van der Waals surface area contributed by atoms with E-state index < -0.39 is 6.04 Å². The Kier molecular flexibility index (Phi) is 2.63. The van der Waals surface area contributed by atoms with E-state index >= 15 is 0 Å². The van der Waals surface area contributed by atoms with E-state index in [9.17, 15) is 4.79 Å². The number of nitrogens with zero attached hydrogens (tertiary/aromatic N) is 2. The first kappa shape index (κ1) is 11.6. The standard InChI is InChI=1S/C13H14N4O2/c1-17-7-8(6-14-17)12-13(18)16-11-5-9(19-2)3-4-10(11)15-12/h3-7,12,15H,1-2H3,(H,16,18). The van der Waals surface area contributed by atoms with E-state index in [0.29, 0.717) is 5.75 Å². The maximum absolute atomic E-state index is 12.1. The Bertz CT molecular complexity index is 635. The molecule has 6 nitrogen and oxygen atoms in total. The van der Waals surface area contributed by atoms with Crippen LogP contribution in [0.2, 0.25) is 0 Å². The topological polar surface area (TPSA) is 68.2 Å². The zero-order chi connectivity index (χ0) is 13.4. The largest absolute Gasteiger partial charge is 0.497 e. The van der Waals surface area contributed by atoms with Gasteiger partial charge in [-0.25, -0.2) is 0 Å². The Morgan fingerprint density at radius 1 is 1.37 bits per heavy atom. The van der Waals surface area contributed by atoms with E-state index in [0.717, 1.165) is 16.9 Å². The second-order valence-corrected chi connectivity index (χ2v) is 4.43. The number of hydrogen-bond acceptors (Lipinski definition) is 4. The van der Waals surface area contributed by atoms with Crippen molar-refractivity contribution < 1.29 is 9.53 Å². The Balaban J connectivity index is 1.94. The van der Waals surface area contributed by atoms with E-state index in [-0.39, 0.29) is 5.91 Å². The summed E-state index contributed by atoms with van der Waals surface area (Å²) in [4.78, 5) is 12.1. The number of methoxy groups -OCH3 is 1. The SMILES string of the molecule is COc1ccc2c(c1)NC(=O)C(c1cnn(C)c1)N2. The molecule has 98 valence electrons. The van der Waals surface area contributed by atoms with E-state index in [1.165, 1.54) is 0 Å². The number of aryl methyl sites for hydroxylation is 1. The van der Waals surface area contributed by atoms with Crippen LogP contribution in [0.5, 0.6) is 5.75 Å². The van der Waals surface area contributed by atoms with Crippen LogP contribution in [-0.2, 0) is 11.8 Å². The lowest BCUT2D eigenvalue weighted by Gasteiger charge is -2.26. The Morgan fingerprint density at radius 2 is 2.21 bits per heavy atom. The minimum atomic E-state index is -0.422. The van der Waals surface area contributed by atoms with Gasteiger partial charge in [0.2, 0.25) is 0 Å². The predicted octanol–water partition coefficient (Wildman–Crippen LogP) is 1.53. The number of fused-ring (bicyclic) bond motifs is 1. The molecular formula is C13H14N4O2. The van der Waals surface area contributed by atoms with Crippen LogP contribution < -0.4 is 15.4 Å².